The van der Waals surface area contributed by atoms with Crippen LogP contribution in [0.2, 0.25) is 0 Å². The van der Waals surface area contributed by atoms with E-state index in [0.717, 1.165) is 0 Å². The maximum Gasteiger partial charge on any atom is 0.0846 e. The molecule has 0 unspecified atom stereocenters. The molecule has 5 rings (SSSR count). The minimum Gasteiger partial charge on any atom is -0.0622 e. The zero-order chi connectivity index (χ0) is 24.5. The minimum absolute atomic E-state index is 1.11. The van der Waals surface area contributed by atoms with Crippen LogP contribution in [0.3, 0.4) is 0 Å². The van der Waals surface area contributed by atoms with E-state index in [0.29, 0.717) is 0 Å². The Kier molecular flexibility index (Phi) is 8.69. The van der Waals surface area contributed by atoms with Crippen molar-refractivity contribution in [1.29, 1.82) is 0 Å². The standard InChI is InChI=1S/C34H40P2/c1-5-15-31(16-6-1)27-35(28-32-17-7-2-8-18-32)23-13-25-36(26-14-24-35,29-33-19-9-3-10-20-33)30-34-21-11-4-12-22-34/h1-12,15-22H,13-14,23-30H2/q+2. The highest BCUT2D eigenvalue weighted by molar-refractivity contribution is 7.76. The lowest BCUT2D eigenvalue weighted by Gasteiger charge is -2.35. The van der Waals surface area contributed by atoms with Gasteiger partial charge in [-0.3, -0.25) is 0 Å². The maximum atomic E-state index is 2.37. The quantitative estimate of drug-likeness (QED) is 0.207. The third-order valence-electron chi connectivity index (χ3n) is 7.97. The van der Waals surface area contributed by atoms with Crippen molar-refractivity contribution in [2.24, 2.45) is 0 Å². The molecule has 184 valence electrons. The summed E-state index contributed by atoms with van der Waals surface area (Å²) < 4.78 is 0. The van der Waals surface area contributed by atoms with Gasteiger partial charge < -0.3 is 0 Å². The molecule has 36 heavy (non-hydrogen) atoms. The zero-order valence-corrected chi connectivity index (χ0v) is 23.3. The average Bonchev–Trinajstić information content (AvgIpc) is 2.90. The van der Waals surface area contributed by atoms with E-state index in [2.05, 4.69) is 121 Å². The predicted octanol–water partition coefficient (Wildman–Crippen LogP) is 9.62. The third kappa shape index (κ3) is 6.94. The normalized spacial score (nSPS) is 17.1. The van der Waals surface area contributed by atoms with Crippen molar-refractivity contribution < 1.29 is 0 Å². The summed E-state index contributed by atoms with van der Waals surface area (Å²) in [6.07, 6.45) is 13.8. The van der Waals surface area contributed by atoms with Gasteiger partial charge >= 0.3 is 0 Å². The molecule has 0 aliphatic carbocycles. The Balaban J connectivity index is 1.39. The summed E-state index contributed by atoms with van der Waals surface area (Å²) in [7, 11) is -2.22. The van der Waals surface area contributed by atoms with Gasteiger partial charge in [0.2, 0.25) is 0 Å². The number of hydrogen-bond acceptors (Lipinski definition) is 0. The number of hydrogen-bond donors (Lipinski definition) is 0. The molecule has 0 saturated carbocycles. The molecule has 1 fully saturated rings. The number of benzene rings is 4. The van der Waals surface area contributed by atoms with Gasteiger partial charge in [-0.2, -0.15) is 0 Å². The van der Waals surface area contributed by atoms with Crippen LogP contribution in [0.4, 0.5) is 0 Å². The SMILES string of the molecule is c1ccc(C[P+]2(Cc3ccccc3)CCC[P+](Cc3ccccc3)(Cc3ccccc3)CCC2)cc1. The summed E-state index contributed by atoms with van der Waals surface area (Å²) in [4.78, 5) is 0. The number of rotatable bonds is 8. The van der Waals surface area contributed by atoms with Crippen molar-refractivity contribution in [3.05, 3.63) is 144 Å². The van der Waals surface area contributed by atoms with E-state index >= 15 is 0 Å². The topological polar surface area (TPSA) is 0 Å². The Morgan fingerprint density at radius 2 is 0.556 bits per heavy atom. The smallest absolute Gasteiger partial charge is 0.0622 e. The second kappa shape index (κ2) is 12.3. The first-order chi connectivity index (χ1) is 17.7. The molecule has 1 heterocycles. The van der Waals surface area contributed by atoms with E-state index in [-0.39, 0.29) is 0 Å². The van der Waals surface area contributed by atoms with Crippen LogP contribution in [0, 0.1) is 0 Å². The Bertz CT molecular complexity index is 981. The molecule has 0 spiro atoms. The fourth-order valence-electron chi connectivity index (χ4n) is 6.33. The van der Waals surface area contributed by atoms with Crippen LogP contribution in [-0.4, -0.2) is 24.6 Å². The first-order valence-electron chi connectivity index (χ1n) is 13.6. The van der Waals surface area contributed by atoms with Gasteiger partial charge in [-0.25, -0.2) is 0 Å². The molecule has 0 atom stereocenters. The van der Waals surface area contributed by atoms with Gasteiger partial charge in [0.05, 0.1) is 49.3 Å². The molecule has 0 aromatic heterocycles. The molecular formula is C34H40P2+2. The fourth-order valence-corrected chi connectivity index (χ4v) is 16.0. The van der Waals surface area contributed by atoms with Crippen LogP contribution >= 0.6 is 14.5 Å². The summed E-state index contributed by atoms with van der Waals surface area (Å²) in [5, 5.41) is 0. The largest absolute Gasteiger partial charge is 0.0846 e. The zero-order valence-electron chi connectivity index (χ0n) is 21.5. The first kappa shape index (κ1) is 25.4. The lowest BCUT2D eigenvalue weighted by Crippen LogP contribution is -2.19. The summed E-state index contributed by atoms with van der Waals surface area (Å²) in [6.45, 7) is 0. The van der Waals surface area contributed by atoms with Crippen LogP contribution in [0.25, 0.3) is 0 Å². The van der Waals surface area contributed by atoms with Crippen LogP contribution in [0.15, 0.2) is 121 Å². The molecule has 0 amide bonds. The lowest BCUT2D eigenvalue weighted by atomic mass is 10.2. The van der Waals surface area contributed by atoms with Crippen molar-refractivity contribution in [2.75, 3.05) is 24.6 Å². The Hall–Kier alpha value is -2.26. The van der Waals surface area contributed by atoms with Crippen LogP contribution in [0.1, 0.15) is 35.1 Å². The predicted molar refractivity (Wildman–Crippen MR) is 163 cm³/mol. The van der Waals surface area contributed by atoms with Crippen LogP contribution < -0.4 is 0 Å². The second-order valence-corrected chi connectivity index (χ2v) is 19.3. The van der Waals surface area contributed by atoms with Gasteiger partial charge in [0.1, 0.15) is 0 Å². The minimum atomic E-state index is -1.11. The Labute approximate surface area is 219 Å². The first-order valence-corrected chi connectivity index (χ1v) is 18.6. The summed E-state index contributed by atoms with van der Waals surface area (Å²) >= 11 is 0. The maximum absolute atomic E-state index is 2.37. The monoisotopic (exact) mass is 510 g/mol. The van der Waals surface area contributed by atoms with E-state index in [1.165, 1.54) is 62.1 Å². The van der Waals surface area contributed by atoms with Crippen molar-refractivity contribution >= 4 is 14.5 Å². The molecule has 1 saturated heterocycles. The van der Waals surface area contributed by atoms with Gasteiger partial charge in [-0.05, 0) is 22.3 Å². The summed E-state index contributed by atoms with van der Waals surface area (Å²) in [6, 6.07) is 45.4. The highest BCUT2D eigenvalue weighted by Crippen LogP contribution is 2.71. The molecule has 0 nitrogen and oxygen atoms in total. The van der Waals surface area contributed by atoms with Gasteiger partial charge in [-0.1, -0.05) is 121 Å². The van der Waals surface area contributed by atoms with Crippen LogP contribution in [0.5, 0.6) is 0 Å². The molecule has 2 heteroatoms. The van der Waals surface area contributed by atoms with Gasteiger partial charge in [0.25, 0.3) is 0 Å². The summed E-state index contributed by atoms with van der Waals surface area (Å²) in [5.74, 6) is 0. The van der Waals surface area contributed by atoms with Gasteiger partial charge in [0, 0.05) is 27.4 Å². The molecular weight excluding hydrogens is 470 g/mol. The average molecular weight is 511 g/mol. The van der Waals surface area contributed by atoms with E-state index in [9.17, 15) is 0 Å². The second-order valence-electron chi connectivity index (χ2n) is 10.9. The van der Waals surface area contributed by atoms with E-state index in [1.54, 1.807) is 22.3 Å². The Morgan fingerprint density at radius 3 is 0.778 bits per heavy atom. The highest BCUT2D eigenvalue weighted by atomic mass is 31.2. The van der Waals surface area contributed by atoms with Crippen LogP contribution in [-0.2, 0) is 24.6 Å². The molecule has 1 aliphatic heterocycles. The molecule has 0 bridgehead atoms. The Morgan fingerprint density at radius 1 is 0.333 bits per heavy atom. The van der Waals surface area contributed by atoms with Crippen molar-refractivity contribution in [2.45, 2.75) is 37.5 Å². The van der Waals surface area contributed by atoms with E-state index in [1.807, 2.05) is 0 Å². The fraction of sp³-hybridized carbons (Fsp3) is 0.294. The third-order valence-corrected chi connectivity index (χ3v) is 17.2. The molecule has 0 N–H and O–H groups in total. The van der Waals surface area contributed by atoms with Crippen molar-refractivity contribution in [1.82, 2.24) is 0 Å². The molecule has 4 aromatic rings. The van der Waals surface area contributed by atoms with Crippen molar-refractivity contribution in [3.63, 3.8) is 0 Å². The summed E-state index contributed by atoms with van der Waals surface area (Å²) in [5.41, 5.74) is 6.21. The molecule has 0 radical (unpaired) electrons. The van der Waals surface area contributed by atoms with Gasteiger partial charge in [-0.15, -0.1) is 0 Å². The highest BCUT2D eigenvalue weighted by Gasteiger charge is 2.45. The van der Waals surface area contributed by atoms with Crippen molar-refractivity contribution in [3.8, 4) is 0 Å². The lowest BCUT2D eigenvalue weighted by molar-refractivity contribution is 0.958. The van der Waals surface area contributed by atoms with Gasteiger partial charge in [0.15, 0.2) is 0 Å². The van der Waals surface area contributed by atoms with E-state index in [4.69, 9.17) is 0 Å². The van der Waals surface area contributed by atoms with E-state index < -0.39 is 14.5 Å². The molecule has 1 aliphatic rings. The molecule has 4 aromatic carbocycles.